The van der Waals surface area contributed by atoms with Gasteiger partial charge in [0.25, 0.3) is 5.91 Å². The van der Waals surface area contributed by atoms with Gasteiger partial charge in [0, 0.05) is 42.2 Å². The number of hydrogen-bond acceptors (Lipinski definition) is 4. The maximum atomic E-state index is 12.6. The van der Waals surface area contributed by atoms with Gasteiger partial charge in [-0.1, -0.05) is 12.1 Å². The number of carbonyl (C=O) groups is 1. The fourth-order valence-corrected chi connectivity index (χ4v) is 3.59. The summed E-state index contributed by atoms with van der Waals surface area (Å²) in [6.45, 7) is 5.14. The summed E-state index contributed by atoms with van der Waals surface area (Å²) in [7, 11) is 0. The molecule has 0 saturated carbocycles. The number of hydrogen-bond donors (Lipinski definition) is 0. The zero-order valence-electron chi connectivity index (χ0n) is 11.8. The number of aryl methyl sites for hydroxylation is 1. The van der Waals surface area contributed by atoms with Crippen LogP contribution in [-0.2, 0) is 0 Å². The maximum absolute atomic E-state index is 12.6. The molecular formula is C15H16BrN3OS. The SMILES string of the molecule is Cc1cccc(C(=O)N2CCN(c3nccs3)CC2)c1Br. The Balaban J connectivity index is 1.69. The highest BCUT2D eigenvalue weighted by Gasteiger charge is 2.24. The Kier molecular flexibility index (Phi) is 4.26. The van der Waals surface area contributed by atoms with Crippen molar-refractivity contribution in [3.05, 3.63) is 45.4 Å². The van der Waals surface area contributed by atoms with Crippen LogP contribution in [0.3, 0.4) is 0 Å². The van der Waals surface area contributed by atoms with Gasteiger partial charge in [0.1, 0.15) is 0 Å². The van der Waals surface area contributed by atoms with Crippen molar-refractivity contribution in [1.29, 1.82) is 0 Å². The molecule has 2 heterocycles. The molecule has 1 aliphatic rings. The van der Waals surface area contributed by atoms with Gasteiger partial charge in [0.15, 0.2) is 5.13 Å². The second-order valence-electron chi connectivity index (χ2n) is 5.03. The first-order chi connectivity index (χ1) is 10.2. The molecule has 1 amide bonds. The average molecular weight is 366 g/mol. The highest BCUT2D eigenvalue weighted by molar-refractivity contribution is 9.10. The highest BCUT2D eigenvalue weighted by atomic mass is 79.9. The second-order valence-corrected chi connectivity index (χ2v) is 6.70. The number of benzene rings is 1. The van der Waals surface area contributed by atoms with Gasteiger partial charge in [-0.05, 0) is 34.5 Å². The Morgan fingerprint density at radius 1 is 1.29 bits per heavy atom. The van der Waals surface area contributed by atoms with Gasteiger partial charge in [-0.2, -0.15) is 0 Å². The molecule has 0 bridgehead atoms. The van der Waals surface area contributed by atoms with E-state index in [1.807, 2.05) is 41.6 Å². The van der Waals surface area contributed by atoms with Crippen molar-refractivity contribution < 1.29 is 4.79 Å². The Bertz CT molecular complexity index is 636. The number of anilines is 1. The van der Waals surface area contributed by atoms with Crippen LogP contribution in [0, 0.1) is 6.92 Å². The van der Waals surface area contributed by atoms with Gasteiger partial charge in [-0.15, -0.1) is 11.3 Å². The molecule has 1 fully saturated rings. The first-order valence-corrected chi connectivity index (χ1v) is 8.53. The molecule has 6 heteroatoms. The van der Waals surface area contributed by atoms with E-state index in [9.17, 15) is 4.79 Å². The predicted molar refractivity (Wildman–Crippen MR) is 89.1 cm³/mol. The zero-order chi connectivity index (χ0) is 14.8. The minimum Gasteiger partial charge on any atom is -0.345 e. The molecule has 1 aromatic carbocycles. The number of thiazole rings is 1. The molecule has 1 aliphatic heterocycles. The summed E-state index contributed by atoms with van der Waals surface area (Å²) >= 11 is 5.17. The lowest BCUT2D eigenvalue weighted by molar-refractivity contribution is 0.0745. The van der Waals surface area contributed by atoms with Crippen molar-refractivity contribution in [1.82, 2.24) is 9.88 Å². The van der Waals surface area contributed by atoms with Crippen LogP contribution in [0.4, 0.5) is 5.13 Å². The lowest BCUT2D eigenvalue weighted by atomic mass is 10.1. The van der Waals surface area contributed by atoms with E-state index in [0.29, 0.717) is 0 Å². The van der Waals surface area contributed by atoms with Crippen molar-refractivity contribution in [2.75, 3.05) is 31.1 Å². The van der Waals surface area contributed by atoms with Gasteiger partial charge in [0.2, 0.25) is 0 Å². The Morgan fingerprint density at radius 2 is 2.05 bits per heavy atom. The van der Waals surface area contributed by atoms with Crippen LogP contribution in [0.15, 0.2) is 34.2 Å². The third kappa shape index (κ3) is 2.96. The Morgan fingerprint density at radius 3 is 2.71 bits per heavy atom. The monoisotopic (exact) mass is 365 g/mol. The average Bonchev–Trinajstić information content (AvgIpc) is 3.04. The van der Waals surface area contributed by atoms with Gasteiger partial charge in [0.05, 0.1) is 5.56 Å². The summed E-state index contributed by atoms with van der Waals surface area (Å²) in [6.07, 6.45) is 1.82. The molecule has 4 nitrogen and oxygen atoms in total. The molecule has 21 heavy (non-hydrogen) atoms. The maximum Gasteiger partial charge on any atom is 0.255 e. The van der Waals surface area contributed by atoms with Crippen molar-refractivity contribution >= 4 is 38.3 Å². The standard InChI is InChI=1S/C15H16BrN3OS/c1-11-3-2-4-12(13(11)16)14(20)18-6-8-19(9-7-18)15-17-5-10-21-15/h2-5,10H,6-9H2,1H3. The van der Waals surface area contributed by atoms with E-state index in [2.05, 4.69) is 25.8 Å². The fraction of sp³-hybridized carbons (Fsp3) is 0.333. The van der Waals surface area contributed by atoms with E-state index < -0.39 is 0 Å². The molecule has 1 aromatic heterocycles. The molecule has 3 rings (SSSR count). The number of amides is 1. The molecule has 110 valence electrons. The highest BCUT2D eigenvalue weighted by Crippen LogP contribution is 2.24. The predicted octanol–water partition coefficient (Wildman–Crippen LogP) is 3.18. The Hall–Kier alpha value is -1.40. The number of rotatable bonds is 2. The quantitative estimate of drug-likeness (QED) is 0.819. The van der Waals surface area contributed by atoms with Gasteiger partial charge >= 0.3 is 0 Å². The normalized spacial score (nSPS) is 15.3. The van der Waals surface area contributed by atoms with E-state index in [0.717, 1.165) is 46.9 Å². The molecule has 0 aliphatic carbocycles. The van der Waals surface area contributed by atoms with Crippen LogP contribution < -0.4 is 4.90 Å². The van der Waals surface area contributed by atoms with E-state index in [1.54, 1.807) is 11.3 Å². The zero-order valence-corrected chi connectivity index (χ0v) is 14.2. The summed E-state index contributed by atoms with van der Waals surface area (Å²) in [4.78, 5) is 21.1. The fourth-order valence-electron chi connectivity index (χ4n) is 2.46. The first-order valence-electron chi connectivity index (χ1n) is 6.85. The number of halogens is 1. The van der Waals surface area contributed by atoms with Crippen LogP contribution in [0.5, 0.6) is 0 Å². The second kappa shape index (κ2) is 6.15. The van der Waals surface area contributed by atoms with E-state index >= 15 is 0 Å². The van der Waals surface area contributed by atoms with Crippen LogP contribution in [0.2, 0.25) is 0 Å². The number of nitrogens with zero attached hydrogens (tertiary/aromatic N) is 3. The van der Waals surface area contributed by atoms with Crippen molar-refractivity contribution in [2.24, 2.45) is 0 Å². The molecule has 0 atom stereocenters. The van der Waals surface area contributed by atoms with Crippen LogP contribution in [0.25, 0.3) is 0 Å². The minimum atomic E-state index is 0.101. The molecule has 0 unspecified atom stereocenters. The summed E-state index contributed by atoms with van der Waals surface area (Å²) in [5, 5.41) is 3.02. The van der Waals surface area contributed by atoms with Gasteiger partial charge in [-0.3, -0.25) is 4.79 Å². The topological polar surface area (TPSA) is 36.4 Å². The van der Waals surface area contributed by atoms with Crippen LogP contribution in [0.1, 0.15) is 15.9 Å². The summed E-state index contributed by atoms with van der Waals surface area (Å²) < 4.78 is 0.900. The first kappa shape index (κ1) is 14.5. The lowest BCUT2D eigenvalue weighted by Gasteiger charge is -2.34. The summed E-state index contributed by atoms with van der Waals surface area (Å²) in [5.41, 5.74) is 1.83. The molecular weight excluding hydrogens is 350 g/mol. The summed E-state index contributed by atoms with van der Waals surface area (Å²) in [6, 6.07) is 5.81. The third-order valence-corrected chi connectivity index (χ3v) is 5.56. The largest absolute Gasteiger partial charge is 0.345 e. The van der Waals surface area contributed by atoms with Crippen molar-refractivity contribution in [2.45, 2.75) is 6.92 Å². The van der Waals surface area contributed by atoms with E-state index in [1.165, 1.54) is 0 Å². The Labute approximate surface area is 136 Å². The molecule has 0 radical (unpaired) electrons. The minimum absolute atomic E-state index is 0.101. The van der Waals surface area contributed by atoms with Gasteiger partial charge in [-0.25, -0.2) is 4.98 Å². The van der Waals surface area contributed by atoms with Crippen LogP contribution in [-0.4, -0.2) is 42.0 Å². The molecule has 2 aromatic rings. The van der Waals surface area contributed by atoms with Crippen LogP contribution >= 0.6 is 27.3 Å². The molecule has 0 N–H and O–H groups in total. The molecule has 0 spiro atoms. The third-order valence-electron chi connectivity index (χ3n) is 3.68. The summed E-state index contributed by atoms with van der Waals surface area (Å²) in [5.74, 6) is 0.101. The van der Waals surface area contributed by atoms with Gasteiger partial charge < -0.3 is 9.80 Å². The number of carbonyl (C=O) groups excluding carboxylic acids is 1. The number of aromatic nitrogens is 1. The smallest absolute Gasteiger partial charge is 0.255 e. The lowest BCUT2D eigenvalue weighted by Crippen LogP contribution is -2.48. The van der Waals surface area contributed by atoms with Crippen molar-refractivity contribution in [3.8, 4) is 0 Å². The van der Waals surface area contributed by atoms with E-state index in [-0.39, 0.29) is 5.91 Å². The van der Waals surface area contributed by atoms with E-state index in [4.69, 9.17) is 0 Å². The van der Waals surface area contributed by atoms with Crippen molar-refractivity contribution in [3.63, 3.8) is 0 Å². The molecule has 1 saturated heterocycles. The number of piperazine rings is 1.